The second-order valence-corrected chi connectivity index (χ2v) is 7.13. The van der Waals surface area contributed by atoms with E-state index in [2.05, 4.69) is 22.3 Å². The molecule has 1 heterocycles. The average Bonchev–Trinajstić information content (AvgIpc) is 2.69. The highest BCUT2D eigenvalue weighted by Gasteiger charge is 2.21. The fourth-order valence-corrected chi connectivity index (χ4v) is 3.46. The Hall–Kier alpha value is -2.24. The highest BCUT2D eigenvalue weighted by Crippen LogP contribution is 2.23. The van der Waals surface area contributed by atoms with Crippen molar-refractivity contribution in [3.8, 4) is 5.75 Å². The summed E-state index contributed by atoms with van der Waals surface area (Å²) in [7, 11) is 0. The number of halogens is 1. The molecule has 0 bridgehead atoms. The summed E-state index contributed by atoms with van der Waals surface area (Å²) in [5, 5.41) is 3.74. The molecule has 0 aliphatic carbocycles. The number of anilines is 2. The number of benzene rings is 2. The molecule has 2 N–H and O–H groups in total. The average molecular weight is 389 g/mol. The van der Waals surface area contributed by atoms with Gasteiger partial charge in [-0.3, -0.25) is 4.79 Å². The van der Waals surface area contributed by atoms with Crippen LogP contribution in [-0.2, 0) is 4.79 Å². The summed E-state index contributed by atoms with van der Waals surface area (Å²) >= 11 is 5.96. The molecule has 0 aromatic heterocycles. The number of piperazine rings is 1. The molecule has 1 fully saturated rings. The summed E-state index contributed by atoms with van der Waals surface area (Å²) in [4.78, 5) is 16.2. The van der Waals surface area contributed by atoms with Crippen LogP contribution in [0.5, 0.6) is 5.75 Å². The summed E-state index contributed by atoms with van der Waals surface area (Å²) in [5.74, 6) is 0.757. The van der Waals surface area contributed by atoms with Gasteiger partial charge in [0, 0.05) is 10.7 Å². The van der Waals surface area contributed by atoms with E-state index >= 15 is 0 Å². The van der Waals surface area contributed by atoms with Crippen LogP contribution in [0.15, 0.2) is 48.5 Å². The first-order valence-corrected chi connectivity index (χ1v) is 9.89. The minimum Gasteiger partial charge on any atom is -0.492 e. The number of amides is 1. The Labute approximate surface area is 165 Å². The summed E-state index contributed by atoms with van der Waals surface area (Å²) in [6.45, 7) is 7.41. The van der Waals surface area contributed by atoms with Crippen LogP contribution in [0, 0.1) is 0 Å². The third-order valence-corrected chi connectivity index (χ3v) is 5.08. The second kappa shape index (κ2) is 9.62. The number of carbonyl (C=O) groups is 1. The SMILES string of the molecule is CCOc1ccccc1NC(=O)CC[NH+]1CCN(c2ccc(Cl)cc2)CC1. The van der Waals surface area contributed by atoms with Crippen molar-refractivity contribution in [1.29, 1.82) is 0 Å². The molecule has 0 saturated carbocycles. The van der Waals surface area contributed by atoms with Crippen LogP contribution >= 0.6 is 11.6 Å². The van der Waals surface area contributed by atoms with Crippen molar-refractivity contribution in [2.45, 2.75) is 13.3 Å². The number of para-hydroxylation sites is 2. The lowest BCUT2D eigenvalue weighted by Crippen LogP contribution is -3.15. The van der Waals surface area contributed by atoms with Crippen LogP contribution < -0.4 is 19.9 Å². The summed E-state index contributed by atoms with van der Waals surface area (Å²) in [5.41, 5.74) is 1.95. The first kappa shape index (κ1) is 19.5. The normalized spacial score (nSPS) is 14.8. The lowest BCUT2D eigenvalue weighted by atomic mass is 10.2. The lowest BCUT2D eigenvalue weighted by Gasteiger charge is -2.33. The number of nitrogens with zero attached hydrogens (tertiary/aromatic N) is 1. The van der Waals surface area contributed by atoms with Crippen molar-refractivity contribution < 1.29 is 14.4 Å². The Morgan fingerprint density at radius 2 is 1.85 bits per heavy atom. The number of ether oxygens (including phenoxy) is 1. The van der Waals surface area contributed by atoms with Crippen LogP contribution in [0.3, 0.4) is 0 Å². The minimum absolute atomic E-state index is 0.0368. The fourth-order valence-electron chi connectivity index (χ4n) is 3.34. The highest BCUT2D eigenvalue weighted by molar-refractivity contribution is 6.30. The molecule has 1 amide bonds. The van der Waals surface area contributed by atoms with Gasteiger partial charge >= 0.3 is 0 Å². The van der Waals surface area contributed by atoms with Crippen molar-refractivity contribution in [1.82, 2.24) is 0 Å². The maximum Gasteiger partial charge on any atom is 0.230 e. The molecule has 3 rings (SSSR count). The lowest BCUT2D eigenvalue weighted by molar-refractivity contribution is -0.900. The van der Waals surface area contributed by atoms with Crippen LogP contribution in [0.2, 0.25) is 5.02 Å². The predicted octanol–water partition coefficient (Wildman–Crippen LogP) is 2.47. The number of nitrogens with one attached hydrogen (secondary N) is 2. The van der Waals surface area contributed by atoms with Crippen molar-refractivity contribution in [2.24, 2.45) is 0 Å². The van der Waals surface area contributed by atoms with Crippen LogP contribution in [-0.4, -0.2) is 45.2 Å². The van der Waals surface area contributed by atoms with Gasteiger partial charge < -0.3 is 19.9 Å². The Kier molecular flexibility index (Phi) is 6.96. The van der Waals surface area contributed by atoms with Gasteiger partial charge in [-0.1, -0.05) is 23.7 Å². The number of quaternary nitrogens is 1. The number of hydrogen-bond acceptors (Lipinski definition) is 3. The molecule has 1 aliphatic rings. The molecular weight excluding hydrogens is 362 g/mol. The molecule has 1 saturated heterocycles. The molecular formula is C21H27ClN3O2+. The fraction of sp³-hybridized carbons (Fsp3) is 0.381. The minimum atomic E-state index is 0.0368. The molecule has 0 radical (unpaired) electrons. The topological polar surface area (TPSA) is 46.0 Å². The quantitative estimate of drug-likeness (QED) is 0.766. The Morgan fingerprint density at radius 1 is 1.15 bits per heavy atom. The molecule has 5 nitrogen and oxygen atoms in total. The monoisotopic (exact) mass is 388 g/mol. The number of rotatable bonds is 7. The van der Waals surface area contributed by atoms with E-state index in [9.17, 15) is 4.79 Å². The van der Waals surface area contributed by atoms with Gasteiger partial charge in [0.1, 0.15) is 5.75 Å². The smallest absolute Gasteiger partial charge is 0.230 e. The van der Waals surface area contributed by atoms with E-state index in [1.807, 2.05) is 43.3 Å². The van der Waals surface area contributed by atoms with Crippen LogP contribution in [0.1, 0.15) is 13.3 Å². The Bertz CT molecular complexity index is 743. The van der Waals surface area contributed by atoms with E-state index in [4.69, 9.17) is 16.3 Å². The molecule has 0 atom stereocenters. The second-order valence-electron chi connectivity index (χ2n) is 6.69. The zero-order chi connectivity index (χ0) is 19.1. The molecule has 1 aliphatic heterocycles. The van der Waals surface area contributed by atoms with Crippen LogP contribution in [0.4, 0.5) is 11.4 Å². The van der Waals surface area contributed by atoms with E-state index in [1.165, 1.54) is 10.6 Å². The maximum atomic E-state index is 12.3. The molecule has 0 spiro atoms. The summed E-state index contributed by atoms with van der Waals surface area (Å²) < 4.78 is 5.56. The maximum absolute atomic E-state index is 12.3. The number of hydrogen-bond donors (Lipinski definition) is 2. The van der Waals surface area contributed by atoms with Crippen molar-refractivity contribution in [3.05, 3.63) is 53.6 Å². The van der Waals surface area contributed by atoms with Gasteiger partial charge in [0.05, 0.1) is 51.4 Å². The molecule has 2 aromatic carbocycles. The number of carbonyl (C=O) groups excluding carboxylic acids is 1. The molecule has 0 unspecified atom stereocenters. The highest BCUT2D eigenvalue weighted by atomic mass is 35.5. The molecule has 27 heavy (non-hydrogen) atoms. The van der Waals surface area contributed by atoms with Gasteiger partial charge in [0.15, 0.2) is 0 Å². The first-order chi connectivity index (χ1) is 13.2. The zero-order valence-electron chi connectivity index (χ0n) is 15.7. The summed E-state index contributed by atoms with van der Waals surface area (Å²) in [6, 6.07) is 15.6. The standard InChI is InChI=1S/C21H26ClN3O2/c1-2-27-20-6-4-3-5-19(20)23-21(26)11-12-24-13-15-25(16-14-24)18-9-7-17(22)8-10-18/h3-10H,2,11-16H2,1H3,(H,23,26)/p+1. The van der Waals surface area contributed by atoms with Crippen molar-refractivity contribution in [3.63, 3.8) is 0 Å². The van der Waals surface area contributed by atoms with Crippen molar-refractivity contribution >= 4 is 28.9 Å². The zero-order valence-corrected chi connectivity index (χ0v) is 16.5. The van der Waals surface area contributed by atoms with Crippen molar-refractivity contribution in [2.75, 3.05) is 49.5 Å². The van der Waals surface area contributed by atoms with Gasteiger partial charge in [-0.25, -0.2) is 0 Å². The molecule has 6 heteroatoms. The van der Waals surface area contributed by atoms with E-state index in [-0.39, 0.29) is 5.91 Å². The van der Waals surface area contributed by atoms with Gasteiger partial charge in [-0.15, -0.1) is 0 Å². The van der Waals surface area contributed by atoms with Gasteiger partial charge in [-0.2, -0.15) is 0 Å². The molecule has 2 aromatic rings. The van der Waals surface area contributed by atoms with Gasteiger partial charge in [0.2, 0.25) is 5.91 Å². The Balaban J connectivity index is 1.43. The predicted molar refractivity (Wildman–Crippen MR) is 110 cm³/mol. The third kappa shape index (κ3) is 5.62. The van der Waals surface area contributed by atoms with Gasteiger partial charge in [0.25, 0.3) is 0 Å². The van der Waals surface area contributed by atoms with E-state index < -0.39 is 0 Å². The van der Waals surface area contributed by atoms with E-state index in [0.717, 1.165) is 49.2 Å². The van der Waals surface area contributed by atoms with Crippen LogP contribution in [0.25, 0.3) is 0 Å². The first-order valence-electron chi connectivity index (χ1n) is 9.51. The Morgan fingerprint density at radius 3 is 2.56 bits per heavy atom. The summed E-state index contributed by atoms with van der Waals surface area (Å²) in [6.07, 6.45) is 0.511. The molecule has 144 valence electrons. The third-order valence-electron chi connectivity index (χ3n) is 4.83. The van der Waals surface area contributed by atoms with Gasteiger partial charge in [-0.05, 0) is 43.3 Å². The van der Waals surface area contributed by atoms with E-state index in [0.29, 0.717) is 13.0 Å². The van der Waals surface area contributed by atoms with E-state index in [1.54, 1.807) is 0 Å². The largest absolute Gasteiger partial charge is 0.492 e.